The molecular weight excluding hydrogens is 466 g/mol. The zero-order valence-corrected chi connectivity index (χ0v) is 19.1. The standard InChI is InChI=1S/C26H19N3O5S/c30-25(31)17-6-2-1-5-16(17)19-10-11-21(34-19)24-23(18-7-3-4-12-27-18)28-26(35)29(24)15-8-9-20-22(13-15)33-14-32-20/h1-13,23-24H,14H2,(H,28,35)(H,30,31). The summed E-state index contributed by atoms with van der Waals surface area (Å²) in [5.41, 5.74) is 2.28. The molecular formula is C26H19N3O5S. The summed E-state index contributed by atoms with van der Waals surface area (Å²) in [5.74, 6) is 1.37. The molecule has 9 heteroatoms. The lowest BCUT2D eigenvalue weighted by Crippen LogP contribution is -2.29. The third kappa shape index (κ3) is 3.66. The molecule has 0 saturated carbocycles. The van der Waals surface area contributed by atoms with E-state index in [0.717, 1.165) is 11.4 Å². The number of nitrogens with one attached hydrogen (secondary N) is 1. The van der Waals surface area contributed by atoms with E-state index in [-0.39, 0.29) is 24.4 Å². The number of aromatic nitrogens is 1. The lowest BCUT2D eigenvalue weighted by Gasteiger charge is -2.26. The number of carboxylic acid groups (broad SMARTS) is 1. The number of aromatic carboxylic acids is 1. The van der Waals surface area contributed by atoms with E-state index >= 15 is 0 Å². The molecule has 174 valence electrons. The van der Waals surface area contributed by atoms with Gasteiger partial charge in [0.05, 0.1) is 17.3 Å². The van der Waals surface area contributed by atoms with Crippen LogP contribution in [-0.4, -0.2) is 28.0 Å². The molecule has 2 atom stereocenters. The summed E-state index contributed by atoms with van der Waals surface area (Å²) in [5, 5.41) is 13.5. The predicted octanol–water partition coefficient (Wildman–Crippen LogP) is 4.95. The number of carbonyl (C=O) groups is 1. The van der Waals surface area contributed by atoms with Crippen molar-refractivity contribution in [3.8, 4) is 22.8 Å². The van der Waals surface area contributed by atoms with Crippen LogP contribution < -0.4 is 19.7 Å². The van der Waals surface area contributed by atoms with Crippen LogP contribution in [-0.2, 0) is 0 Å². The van der Waals surface area contributed by atoms with Crippen LogP contribution in [0, 0.1) is 0 Å². The fourth-order valence-electron chi connectivity index (χ4n) is 4.50. The molecule has 2 unspecified atom stereocenters. The summed E-state index contributed by atoms with van der Waals surface area (Å²) in [6, 6.07) is 21.1. The Morgan fingerprint density at radius 1 is 1.03 bits per heavy atom. The fourth-order valence-corrected chi connectivity index (χ4v) is 4.84. The lowest BCUT2D eigenvalue weighted by molar-refractivity contribution is 0.0697. The van der Waals surface area contributed by atoms with Crippen molar-refractivity contribution >= 4 is 29.0 Å². The first-order chi connectivity index (χ1) is 17.1. The van der Waals surface area contributed by atoms with Crippen molar-refractivity contribution in [1.29, 1.82) is 0 Å². The molecule has 2 aromatic heterocycles. The Balaban J connectivity index is 1.46. The van der Waals surface area contributed by atoms with Gasteiger partial charge in [-0.05, 0) is 54.7 Å². The van der Waals surface area contributed by atoms with Crippen LogP contribution in [0.3, 0.4) is 0 Å². The molecule has 2 aliphatic rings. The summed E-state index contributed by atoms with van der Waals surface area (Å²) in [4.78, 5) is 18.3. The van der Waals surface area contributed by atoms with Gasteiger partial charge >= 0.3 is 5.97 Å². The number of anilines is 1. The van der Waals surface area contributed by atoms with E-state index in [1.165, 1.54) is 0 Å². The molecule has 0 aliphatic carbocycles. The summed E-state index contributed by atoms with van der Waals surface area (Å²) < 4.78 is 17.3. The zero-order chi connectivity index (χ0) is 23.9. The second-order valence-corrected chi connectivity index (χ2v) is 8.47. The van der Waals surface area contributed by atoms with Gasteiger partial charge in [-0.1, -0.05) is 24.3 Å². The van der Waals surface area contributed by atoms with Crippen molar-refractivity contribution in [3.05, 3.63) is 96.0 Å². The summed E-state index contributed by atoms with van der Waals surface area (Å²) in [6.45, 7) is 0.173. The van der Waals surface area contributed by atoms with Gasteiger partial charge in [-0.3, -0.25) is 4.98 Å². The molecule has 4 heterocycles. The normalized spacial score (nSPS) is 18.5. The van der Waals surface area contributed by atoms with Crippen LogP contribution in [0.2, 0.25) is 0 Å². The molecule has 1 fully saturated rings. The number of carboxylic acids is 1. The maximum Gasteiger partial charge on any atom is 0.336 e. The van der Waals surface area contributed by atoms with Crippen molar-refractivity contribution in [2.45, 2.75) is 12.1 Å². The highest BCUT2D eigenvalue weighted by molar-refractivity contribution is 7.80. The monoisotopic (exact) mass is 485 g/mol. The van der Waals surface area contributed by atoms with E-state index in [1.54, 1.807) is 36.5 Å². The molecule has 0 spiro atoms. The maximum absolute atomic E-state index is 11.8. The van der Waals surface area contributed by atoms with Crippen molar-refractivity contribution in [1.82, 2.24) is 10.3 Å². The SMILES string of the molecule is O=C(O)c1ccccc1-c1ccc(C2C(c3ccccn3)NC(=S)N2c2ccc3c(c2)OCO3)o1. The van der Waals surface area contributed by atoms with Gasteiger partial charge in [0, 0.05) is 23.5 Å². The van der Waals surface area contributed by atoms with Gasteiger partial charge in [-0.15, -0.1) is 0 Å². The molecule has 0 amide bonds. The highest BCUT2D eigenvalue weighted by atomic mass is 32.1. The minimum Gasteiger partial charge on any atom is -0.478 e. The minimum atomic E-state index is -1.02. The quantitative estimate of drug-likeness (QED) is 0.381. The van der Waals surface area contributed by atoms with E-state index in [2.05, 4.69) is 10.3 Å². The molecule has 6 rings (SSSR count). The number of fused-ring (bicyclic) bond motifs is 1. The fraction of sp³-hybridized carbons (Fsp3) is 0.115. The average Bonchev–Trinajstić information content (AvgIpc) is 3.62. The highest BCUT2D eigenvalue weighted by Crippen LogP contribution is 2.45. The number of hydrogen-bond acceptors (Lipinski definition) is 6. The van der Waals surface area contributed by atoms with Crippen molar-refractivity contribution < 1.29 is 23.8 Å². The average molecular weight is 486 g/mol. The number of rotatable bonds is 5. The lowest BCUT2D eigenvalue weighted by atomic mass is 10.0. The van der Waals surface area contributed by atoms with E-state index in [0.29, 0.717) is 33.7 Å². The highest BCUT2D eigenvalue weighted by Gasteiger charge is 2.43. The van der Waals surface area contributed by atoms with Crippen molar-refractivity contribution in [2.75, 3.05) is 11.7 Å². The number of thiocarbonyl (C=S) groups is 1. The third-order valence-corrected chi connectivity index (χ3v) is 6.39. The van der Waals surface area contributed by atoms with Gasteiger partial charge in [0.25, 0.3) is 0 Å². The van der Waals surface area contributed by atoms with E-state index in [4.69, 9.17) is 26.1 Å². The Morgan fingerprint density at radius 2 is 1.86 bits per heavy atom. The van der Waals surface area contributed by atoms with Gasteiger partial charge < -0.3 is 29.2 Å². The molecule has 2 N–H and O–H groups in total. The van der Waals surface area contributed by atoms with Gasteiger partial charge in [-0.2, -0.15) is 0 Å². The number of pyridine rings is 1. The number of ether oxygens (including phenoxy) is 2. The molecule has 2 aromatic carbocycles. The van der Waals surface area contributed by atoms with Crippen LogP contribution in [0.4, 0.5) is 5.69 Å². The largest absolute Gasteiger partial charge is 0.478 e. The van der Waals surface area contributed by atoms with Crippen molar-refractivity contribution in [2.24, 2.45) is 0 Å². The number of furan rings is 1. The van der Waals surface area contributed by atoms with Crippen LogP contribution in [0.15, 0.2) is 83.4 Å². The Labute approximate surface area is 205 Å². The first-order valence-corrected chi connectivity index (χ1v) is 11.3. The molecule has 0 bridgehead atoms. The van der Waals surface area contributed by atoms with Gasteiger partial charge in [0.2, 0.25) is 6.79 Å². The van der Waals surface area contributed by atoms with Gasteiger partial charge in [0.1, 0.15) is 17.6 Å². The van der Waals surface area contributed by atoms with E-state index < -0.39 is 5.97 Å². The first kappa shape index (κ1) is 21.2. The second kappa shape index (κ2) is 8.44. The number of benzene rings is 2. The summed E-state index contributed by atoms with van der Waals surface area (Å²) >= 11 is 5.76. The number of hydrogen-bond donors (Lipinski definition) is 2. The molecule has 35 heavy (non-hydrogen) atoms. The van der Waals surface area contributed by atoms with E-state index in [1.807, 2.05) is 47.4 Å². The number of nitrogens with zero attached hydrogens (tertiary/aromatic N) is 2. The second-order valence-electron chi connectivity index (χ2n) is 8.09. The van der Waals surface area contributed by atoms with Crippen molar-refractivity contribution in [3.63, 3.8) is 0 Å². The summed E-state index contributed by atoms with van der Waals surface area (Å²) in [6.07, 6.45) is 1.73. The van der Waals surface area contributed by atoms with Crippen LogP contribution in [0.5, 0.6) is 11.5 Å². The Kier molecular flexibility index (Phi) is 5.11. The predicted molar refractivity (Wildman–Crippen MR) is 132 cm³/mol. The third-order valence-electron chi connectivity index (χ3n) is 6.07. The Hall–Kier alpha value is -4.37. The first-order valence-electron chi connectivity index (χ1n) is 10.9. The topological polar surface area (TPSA) is 97.1 Å². The van der Waals surface area contributed by atoms with Gasteiger partial charge in [-0.25, -0.2) is 4.79 Å². The zero-order valence-electron chi connectivity index (χ0n) is 18.3. The minimum absolute atomic E-state index is 0.169. The van der Waals surface area contributed by atoms with Crippen LogP contribution in [0.1, 0.15) is 33.9 Å². The van der Waals surface area contributed by atoms with Gasteiger partial charge in [0.15, 0.2) is 16.6 Å². The van der Waals surface area contributed by atoms with Crippen LogP contribution in [0.25, 0.3) is 11.3 Å². The Morgan fingerprint density at radius 3 is 2.69 bits per heavy atom. The molecule has 8 nitrogen and oxygen atoms in total. The molecule has 1 saturated heterocycles. The molecule has 2 aliphatic heterocycles. The maximum atomic E-state index is 11.8. The molecule has 0 radical (unpaired) electrons. The smallest absolute Gasteiger partial charge is 0.336 e. The molecule has 4 aromatic rings. The van der Waals surface area contributed by atoms with E-state index in [9.17, 15) is 9.90 Å². The Bertz CT molecular complexity index is 1440. The van der Waals surface area contributed by atoms with Crippen LogP contribution >= 0.6 is 12.2 Å². The summed E-state index contributed by atoms with van der Waals surface area (Å²) in [7, 11) is 0.